The van der Waals surface area contributed by atoms with Crippen LogP contribution in [0.3, 0.4) is 0 Å². The third-order valence-electron chi connectivity index (χ3n) is 2.98. The standard InChI is InChI=1S/C10H19NOS/c1-8-7-11-10(2,12-8)9-5-3-4-6-13-9/h8-9,11H,3-7H2,1-2H3. The molecular weight excluding hydrogens is 182 g/mol. The molecule has 0 aromatic rings. The predicted molar refractivity (Wildman–Crippen MR) is 57.1 cm³/mol. The minimum Gasteiger partial charge on any atom is -0.355 e. The zero-order chi connectivity index (χ0) is 9.31. The van der Waals surface area contributed by atoms with Gasteiger partial charge in [0.1, 0.15) is 5.72 Å². The van der Waals surface area contributed by atoms with Gasteiger partial charge >= 0.3 is 0 Å². The Balaban J connectivity index is 1.97. The summed E-state index contributed by atoms with van der Waals surface area (Å²) in [4.78, 5) is 0. The van der Waals surface area contributed by atoms with E-state index in [0.717, 1.165) is 6.54 Å². The molecule has 13 heavy (non-hydrogen) atoms. The fourth-order valence-corrected chi connectivity index (χ4v) is 3.66. The highest BCUT2D eigenvalue weighted by Gasteiger charge is 2.41. The van der Waals surface area contributed by atoms with Gasteiger partial charge in [0, 0.05) is 11.8 Å². The number of hydrogen-bond acceptors (Lipinski definition) is 3. The molecule has 0 amide bonds. The number of rotatable bonds is 1. The van der Waals surface area contributed by atoms with E-state index in [1.54, 1.807) is 0 Å². The Hall–Kier alpha value is 0.270. The van der Waals surface area contributed by atoms with Gasteiger partial charge in [-0.15, -0.1) is 0 Å². The third-order valence-corrected chi connectivity index (χ3v) is 4.59. The highest BCUT2D eigenvalue weighted by molar-refractivity contribution is 8.00. The first-order valence-corrected chi connectivity index (χ1v) is 6.30. The van der Waals surface area contributed by atoms with Crippen LogP contribution in [-0.4, -0.2) is 29.4 Å². The minimum absolute atomic E-state index is 0.0511. The number of hydrogen-bond donors (Lipinski definition) is 1. The molecule has 2 nitrogen and oxygen atoms in total. The van der Waals surface area contributed by atoms with Gasteiger partial charge < -0.3 is 4.74 Å². The zero-order valence-corrected chi connectivity index (χ0v) is 9.32. The summed E-state index contributed by atoms with van der Waals surface area (Å²) in [6.45, 7) is 5.36. The van der Waals surface area contributed by atoms with Gasteiger partial charge in [-0.05, 0) is 32.4 Å². The lowest BCUT2D eigenvalue weighted by Crippen LogP contribution is -2.48. The van der Waals surface area contributed by atoms with E-state index in [0.29, 0.717) is 11.4 Å². The van der Waals surface area contributed by atoms with Crippen molar-refractivity contribution in [3.05, 3.63) is 0 Å². The third kappa shape index (κ3) is 2.03. The molecule has 2 aliphatic rings. The van der Waals surface area contributed by atoms with Crippen molar-refractivity contribution in [1.29, 1.82) is 0 Å². The lowest BCUT2D eigenvalue weighted by Gasteiger charge is -2.35. The number of thioether (sulfide) groups is 1. The van der Waals surface area contributed by atoms with Crippen LogP contribution in [0.25, 0.3) is 0 Å². The molecule has 2 saturated heterocycles. The maximum atomic E-state index is 5.96. The molecule has 0 radical (unpaired) electrons. The van der Waals surface area contributed by atoms with E-state index in [9.17, 15) is 0 Å². The maximum absolute atomic E-state index is 5.96. The minimum atomic E-state index is -0.0511. The molecular formula is C10H19NOS. The Morgan fingerprint density at radius 2 is 2.31 bits per heavy atom. The summed E-state index contributed by atoms with van der Waals surface area (Å²) in [6, 6.07) is 0. The van der Waals surface area contributed by atoms with Crippen LogP contribution in [0, 0.1) is 0 Å². The lowest BCUT2D eigenvalue weighted by atomic mass is 10.1. The first-order valence-electron chi connectivity index (χ1n) is 5.25. The summed E-state index contributed by atoms with van der Waals surface area (Å²) >= 11 is 2.07. The molecule has 2 aliphatic heterocycles. The second kappa shape index (κ2) is 3.79. The summed E-state index contributed by atoms with van der Waals surface area (Å²) in [5, 5.41) is 4.17. The van der Waals surface area contributed by atoms with Gasteiger partial charge in [0.05, 0.1) is 6.10 Å². The Morgan fingerprint density at radius 3 is 2.85 bits per heavy atom. The van der Waals surface area contributed by atoms with Gasteiger partial charge in [-0.1, -0.05) is 6.42 Å². The lowest BCUT2D eigenvalue weighted by molar-refractivity contribution is -0.0328. The molecule has 1 N–H and O–H groups in total. The monoisotopic (exact) mass is 201 g/mol. The fourth-order valence-electron chi connectivity index (χ4n) is 2.21. The van der Waals surface area contributed by atoms with Crippen LogP contribution in [0.1, 0.15) is 33.1 Å². The first-order chi connectivity index (χ1) is 6.21. The Labute approximate surface area is 84.8 Å². The Bertz CT molecular complexity index is 182. The molecule has 0 aromatic carbocycles. The smallest absolute Gasteiger partial charge is 0.128 e. The molecule has 0 aliphatic carbocycles. The molecule has 3 heteroatoms. The van der Waals surface area contributed by atoms with Crippen LogP contribution in [0.4, 0.5) is 0 Å². The second-order valence-corrected chi connectivity index (χ2v) is 5.58. The Kier molecular flexibility index (Phi) is 2.86. The average Bonchev–Trinajstić information content (AvgIpc) is 2.49. The summed E-state index contributed by atoms with van der Waals surface area (Å²) in [6.07, 6.45) is 4.44. The second-order valence-electron chi connectivity index (χ2n) is 4.27. The summed E-state index contributed by atoms with van der Waals surface area (Å²) in [5.74, 6) is 1.31. The first kappa shape index (κ1) is 9.81. The van der Waals surface area contributed by atoms with E-state index in [-0.39, 0.29) is 5.72 Å². The van der Waals surface area contributed by atoms with E-state index in [4.69, 9.17) is 4.74 Å². The van der Waals surface area contributed by atoms with Crippen LogP contribution in [-0.2, 0) is 4.74 Å². The molecule has 0 saturated carbocycles. The maximum Gasteiger partial charge on any atom is 0.128 e. The van der Waals surface area contributed by atoms with Crippen molar-refractivity contribution in [2.75, 3.05) is 12.3 Å². The largest absolute Gasteiger partial charge is 0.355 e. The number of ether oxygens (including phenoxy) is 1. The fraction of sp³-hybridized carbons (Fsp3) is 1.00. The van der Waals surface area contributed by atoms with Gasteiger partial charge in [-0.25, -0.2) is 0 Å². The van der Waals surface area contributed by atoms with Gasteiger partial charge in [0.2, 0.25) is 0 Å². The van der Waals surface area contributed by atoms with E-state index >= 15 is 0 Å². The van der Waals surface area contributed by atoms with E-state index in [2.05, 4.69) is 30.9 Å². The molecule has 0 bridgehead atoms. The molecule has 2 rings (SSSR count). The molecule has 2 heterocycles. The predicted octanol–water partition coefficient (Wildman–Crippen LogP) is 2.00. The number of nitrogens with one attached hydrogen (secondary N) is 1. The molecule has 3 atom stereocenters. The van der Waals surface area contributed by atoms with Crippen molar-refractivity contribution in [1.82, 2.24) is 5.32 Å². The van der Waals surface area contributed by atoms with Crippen LogP contribution in [0.5, 0.6) is 0 Å². The van der Waals surface area contributed by atoms with Crippen molar-refractivity contribution < 1.29 is 4.74 Å². The zero-order valence-electron chi connectivity index (χ0n) is 8.51. The molecule has 3 unspecified atom stereocenters. The van der Waals surface area contributed by atoms with Gasteiger partial charge in [-0.3, -0.25) is 5.32 Å². The van der Waals surface area contributed by atoms with Crippen molar-refractivity contribution in [2.24, 2.45) is 0 Å². The summed E-state index contributed by atoms with van der Waals surface area (Å²) < 4.78 is 5.96. The Morgan fingerprint density at radius 1 is 1.46 bits per heavy atom. The highest BCUT2D eigenvalue weighted by atomic mass is 32.2. The van der Waals surface area contributed by atoms with Crippen molar-refractivity contribution >= 4 is 11.8 Å². The average molecular weight is 201 g/mol. The highest BCUT2D eigenvalue weighted by Crippen LogP contribution is 2.36. The van der Waals surface area contributed by atoms with Crippen LogP contribution < -0.4 is 5.32 Å². The normalized spacial score (nSPS) is 46.6. The van der Waals surface area contributed by atoms with Crippen LogP contribution in [0.2, 0.25) is 0 Å². The quantitative estimate of drug-likeness (QED) is 0.701. The topological polar surface area (TPSA) is 21.3 Å². The van der Waals surface area contributed by atoms with Crippen molar-refractivity contribution in [3.8, 4) is 0 Å². The van der Waals surface area contributed by atoms with Crippen LogP contribution >= 0.6 is 11.8 Å². The summed E-state index contributed by atoms with van der Waals surface area (Å²) in [5.41, 5.74) is -0.0511. The molecule has 76 valence electrons. The van der Waals surface area contributed by atoms with Gasteiger partial charge in [0.25, 0.3) is 0 Å². The van der Waals surface area contributed by atoms with Crippen LogP contribution in [0.15, 0.2) is 0 Å². The van der Waals surface area contributed by atoms with Crippen molar-refractivity contribution in [3.63, 3.8) is 0 Å². The summed E-state index contributed by atoms with van der Waals surface area (Å²) in [7, 11) is 0. The van der Waals surface area contributed by atoms with E-state index in [1.807, 2.05) is 0 Å². The molecule has 0 aromatic heterocycles. The van der Waals surface area contributed by atoms with Gasteiger partial charge in [-0.2, -0.15) is 11.8 Å². The van der Waals surface area contributed by atoms with Crippen molar-refractivity contribution in [2.45, 2.75) is 50.2 Å². The van der Waals surface area contributed by atoms with E-state index in [1.165, 1.54) is 25.0 Å². The molecule has 0 spiro atoms. The SMILES string of the molecule is CC1CNC(C)(C2CCCCS2)O1. The van der Waals surface area contributed by atoms with E-state index < -0.39 is 0 Å². The molecule has 2 fully saturated rings. The van der Waals surface area contributed by atoms with Gasteiger partial charge in [0.15, 0.2) is 0 Å².